The van der Waals surface area contributed by atoms with Gasteiger partial charge in [-0.2, -0.15) is 0 Å². The van der Waals surface area contributed by atoms with Gasteiger partial charge in [0.15, 0.2) is 0 Å². The first-order valence-corrected chi connectivity index (χ1v) is 8.41. The first-order chi connectivity index (χ1) is 11.5. The van der Waals surface area contributed by atoms with Crippen LogP contribution in [0.5, 0.6) is 0 Å². The second-order valence-electron chi connectivity index (χ2n) is 6.25. The predicted molar refractivity (Wildman–Crippen MR) is 91.0 cm³/mol. The van der Waals surface area contributed by atoms with Crippen LogP contribution in [0.15, 0.2) is 28.8 Å². The van der Waals surface area contributed by atoms with Crippen LogP contribution in [0.4, 0.5) is 0 Å². The molecule has 2 aromatic rings. The number of ether oxygens (including phenoxy) is 1. The zero-order chi connectivity index (χ0) is 17.3. The molecule has 1 aliphatic heterocycles. The Morgan fingerprint density at radius 3 is 2.88 bits per heavy atom. The van der Waals surface area contributed by atoms with E-state index in [9.17, 15) is 4.79 Å². The summed E-state index contributed by atoms with van der Waals surface area (Å²) < 4.78 is 11.1. The second kappa shape index (κ2) is 6.95. The van der Waals surface area contributed by atoms with Gasteiger partial charge in [0, 0.05) is 10.6 Å². The van der Waals surface area contributed by atoms with Gasteiger partial charge in [-0.25, -0.2) is 0 Å². The van der Waals surface area contributed by atoms with Crippen LogP contribution in [-0.2, 0) is 16.0 Å². The highest BCUT2D eigenvalue weighted by molar-refractivity contribution is 6.30. The van der Waals surface area contributed by atoms with Crippen molar-refractivity contribution in [3.05, 3.63) is 51.9 Å². The molecule has 1 saturated heterocycles. The molecule has 1 amide bonds. The quantitative estimate of drug-likeness (QED) is 0.852. The van der Waals surface area contributed by atoms with E-state index in [-0.39, 0.29) is 18.1 Å². The molecule has 2 atom stereocenters. The molecule has 1 aromatic carbocycles. The standard InChI is InChI=1S/C18H21ClN2O3/c1-11-10-23-17(14-5-4-6-15(19)7-14)9-21(11)18(22)8-16-12(2)20-24-13(16)3/h4-7,11,17H,8-10H2,1-3H3. The summed E-state index contributed by atoms with van der Waals surface area (Å²) in [6, 6.07) is 7.63. The first kappa shape index (κ1) is 17.0. The van der Waals surface area contributed by atoms with E-state index in [1.165, 1.54) is 0 Å². The van der Waals surface area contributed by atoms with Gasteiger partial charge in [0.05, 0.1) is 31.3 Å². The fourth-order valence-corrected chi connectivity index (χ4v) is 3.22. The maximum atomic E-state index is 12.8. The molecule has 5 nitrogen and oxygen atoms in total. The number of morpholine rings is 1. The molecule has 0 N–H and O–H groups in total. The second-order valence-corrected chi connectivity index (χ2v) is 6.69. The van der Waals surface area contributed by atoms with Gasteiger partial charge in [-0.15, -0.1) is 0 Å². The minimum absolute atomic E-state index is 0.0356. The minimum Gasteiger partial charge on any atom is -0.370 e. The van der Waals surface area contributed by atoms with Gasteiger partial charge in [0.1, 0.15) is 11.9 Å². The van der Waals surface area contributed by atoms with E-state index in [1.54, 1.807) is 0 Å². The molecule has 0 bridgehead atoms. The van der Waals surface area contributed by atoms with Crippen molar-refractivity contribution in [3.8, 4) is 0 Å². The summed E-state index contributed by atoms with van der Waals surface area (Å²) in [4.78, 5) is 14.7. The molecule has 0 aliphatic carbocycles. The maximum Gasteiger partial charge on any atom is 0.227 e. The highest BCUT2D eigenvalue weighted by Crippen LogP contribution is 2.27. The minimum atomic E-state index is -0.159. The molecule has 0 saturated carbocycles. The van der Waals surface area contributed by atoms with Gasteiger partial charge in [-0.1, -0.05) is 28.9 Å². The summed E-state index contributed by atoms with van der Waals surface area (Å²) in [5.41, 5.74) is 2.63. The predicted octanol–water partition coefficient (Wildman–Crippen LogP) is 3.48. The van der Waals surface area contributed by atoms with Crippen LogP contribution in [0.25, 0.3) is 0 Å². The van der Waals surface area contributed by atoms with Crippen LogP contribution in [0.1, 0.15) is 35.6 Å². The number of benzene rings is 1. The number of carbonyl (C=O) groups excluding carboxylic acids is 1. The summed E-state index contributed by atoms with van der Waals surface area (Å²) in [6.07, 6.45) is 0.141. The van der Waals surface area contributed by atoms with E-state index in [2.05, 4.69) is 5.16 Å². The van der Waals surface area contributed by atoms with E-state index >= 15 is 0 Å². The molecular formula is C18H21ClN2O3. The molecule has 2 unspecified atom stereocenters. The average Bonchev–Trinajstić information content (AvgIpc) is 2.87. The number of rotatable bonds is 3. The Balaban J connectivity index is 1.75. The van der Waals surface area contributed by atoms with Gasteiger partial charge in [-0.3, -0.25) is 4.79 Å². The Kier molecular flexibility index (Phi) is 4.92. The third-order valence-electron chi connectivity index (χ3n) is 4.48. The summed E-state index contributed by atoms with van der Waals surface area (Å²) >= 11 is 6.07. The first-order valence-electron chi connectivity index (χ1n) is 8.04. The molecule has 1 aliphatic rings. The maximum absolute atomic E-state index is 12.8. The van der Waals surface area contributed by atoms with Crippen LogP contribution in [-0.4, -0.2) is 35.2 Å². The van der Waals surface area contributed by atoms with Crippen LogP contribution >= 0.6 is 11.6 Å². The molecule has 0 radical (unpaired) electrons. The monoisotopic (exact) mass is 348 g/mol. The lowest BCUT2D eigenvalue weighted by molar-refractivity contribution is -0.143. The molecule has 24 heavy (non-hydrogen) atoms. The highest BCUT2D eigenvalue weighted by Gasteiger charge is 2.31. The highest BCUT2D eigenvalue weighted by atomic mass is 35.5. The van der Waals surface area contributed by atoms with Crippen LogP contribution < -0.4 is 0 Å². The lowest BCUT2D eigenvalue weighted by Gasteiger charge is -2.38. The summed E-state index contributed by atoms with van der Waals surface area (Å²) in [5.74, 6) is 0.764. The number of hydrogen-bond acceptors (Lipinski definition) is 4. The van der Waals surface area contributed by atoms with E-state index < -0.39 is 0 Å². The molecule has 1 fully saturated rings. The number of aromatic nitrogens is 1. The van der Waals surface area contributed by atoms with Gasteiger partial charge in [0.2, 0.25) is 5.91 Å². The summed E-state index contributed by atoms with van der Waals surface area (Å²) in [5, 5.41) is 4.59. The van der Waals surface area contributed by atoms with Gasteiger partial charge >= 0.3 is 0 Å². The van der Waals surface area contributed by atoms with E-state index in [4.69, 9.17) is 20.9 Å². The number of halogens is 1. The van der Waals surface area contributed by atoms with Crippen molar-refractivity contribution in [2.45, 2.75) is 39.3 Å². The van der Waals surface area contributed by atoms with E-state index in [0.717, 1.165) is 16.8 Å². The number of aryl methyl sites for hydroxylation is 2. The summed E-state index contributed by atoms with van der Waals surface area (Å²) in [7, 11) is 0. The molecule has 0 spiro atoms. The van der Waals surface area contributed by atoms with Crippen molar-refractivity contribution in [2.24, 2.45) is 0 Å². The molecule has 2 heterocycles. The van der Waals surface area contributed by atoms with Crippen molar-refractivity contribution in [1.82, 2.24) is 10.1 Å². The van der Waals surface area contributed by atoms with Gasteiger partial charge in [-0.05, 0) is 38.5 Å². The third-order valence-corrected chi connectivity index (χ3v) is 4.72. The number of nitrogens with zero attached hydrogens (tertiary/aromatic N) is 2. The van der Waals surface area contributed by atoms with Crippen molar-refractivity contribution in [3.63, 3.8) is 0 Å². The number of carbonyl (C=O) groups is 1. The van der Waals surface area contributed by atoms with Crippen molar-refractivity contribution >= 4 is 17.5 Å². The topological polar surface area (TPSA) is 55.6 Å². The molecular weight excluding hydrogens is 328 g/mol. The van der Waals surface area contributed by atoms with Gasteiger partial charge in [0.25, 0.3) is 0 Å². The lowest BCUT2D eigenvalue weighted by atomic mass is 10.0. The SMILES string of the molecule is Cc1noc(C)c1CC(=O)N1CC(c2cccc(Cl)c2)OCC1C. The van der Waals surface area contributed by atoms with Crippen LogP contribution in [0, 0.1) is 13.8 Å². The zero-order valence-electron chi connectivity index (χ0n) is 14.1. The fraction of sp³-hybridized carbons (Fsp3) is 0.444. The van der Waals surface area contributed by atoms with Crippen LogP contribution in [0.2, 0.25) is 5.02 Å². The average molecular weight is 349 g/mol. The molecule has 1 aromatic heterocycles. The van der Waals surface area contributed by atoms with E-state index in [0.29, 0.717) is 30.4 Å². The smallest absolute Gasteiger partial charge is 0.227 e. The number of hydrogen-bond donors (Lipinski definition) is 0. The van der Waals surface area contributed by atoms with Crippen molar-refractivity contribution in [2.75, 3.05) is 13.2 Å². The Bertz CT molecular complexity index is 724. The molecule has 3 rings (SSSR count). The number of amides is 1. The van der Waals surface area contributed by atoms with E-state index in [1.807, 2.05) is 49.9 Å². The zero-order valence-corrected chi connectivity index (χ0v) is 14.8. The molecule has 128 valence electrons. The lowest BCUT2D eigenvalue weighted by Crippen LogP contribution is -2.48. The normalized spacial score (nSPS) is 21.1. The third kappa shape index (κ3) is 3.47. The van der Waals surface area contributed by atoms with Gasteiger partial charge < -0.3 is 14.2 Å². The Labute approximate surface area is 146 Å². The van der Waals surface area contributed by atoms with Crippen molar-refractivity contribution < 1.29 is 14.1 Å². The Morgan fingerprint density at radius 1 is 1.42 bits per heavy atom. The Hall–Kier alpha value is -1.85. The fourth-order valence-electron chi connectivity index (χ4n) is 3.02. The summed E-state index contributed by atoms with van der Waals surface area (Å²) in [6.45, 7) is 6.71. The Morgan fingerprint density at radius 2 is 2.21 bits per heavy atom. The van der Waals surface area contributed by atoms with Crippen LogP contribution in [0.3, 0.4) is 0 Å². The van der Waals surface area contributed by atoms with Crippen molar-refractivity contribution in [1.29, 1.82) is 0 Å². The largest absolute Gasteiger partial charge is 0.370 e. The molecule has 6 heteroatoms.